The van der Waals surface area contributed by atoms with Crippen molar-refractivity contribution < 1.29 is 32.6 Å². The molecule has 0 fully saturated rings. The van der Waals surface area contributed by atoms with Crippen LogP contribution < -0.4 is 14.2 Å². The van der Waals surface area contributed by atoms with Gasteiger partial charge in [0.25, 0.3) is 5.89 Å². The van der Waals surface area contributed by atoms with Crippen LogP contribution in [0.3, 0.4) is 0 Å². The lowest BCUT2D eigenvalue weighted by Crippen LogP contribution is -2.02. The Balaban J connectivity index is 1.42. The summed E-state index contributed by atoms with van der Waals surface area (Å²) in [5.41, 5.74) is 2.20. The molecule has 0 N–H and O–H groups in total. The lowest BCUT2D eigenvalue weighted by Gasteiger charge is -2.12. The molecular weight excluding hydrogens is 478 g/mol. The van der Waals surface area contributed by atoms with Crippen molar-refractivity contribution in [1.82, 2.24) is 14.8 Å². The number of ether oxygens (including phenoxy) is 4. The number of nitrogens with zero attached hydrogens (tertiary/aromatic N) is 3. The van der Waals surface area contributed by atoms with Gasteiger partial charge in [0, 0.05) is 18.8 Å². The number of hydrogen-bond acceptors (Lipinski definition) is 9. The monoisotopic (exact) mass is 507 g/mol. The van der Waals surface area contributed by atoms with Gasteiger partial charge in [-0.1, -0.05) is 6.07 Å². The van der Waals surface area contributed by atoms with Crippen LogP contribution in [0.15, 0.2) is 57.7 Å². The molecule has 10 nitrogen and oxygen atoms in total. The number of aromatic nitrogens is 3. The summed E-state index contributed by atoms with van der Waals surface area (Å²) in [5, 5.41) is 4.43. The molecule has 37 heavy (non-hydrogen) atoms. The maximum Gasteiger partial charge on any atom is 0.330 e. The summed E-state index contributed by atoms with van der Waals surface area (Å²) in [5.74, 6) is 2.71. The first-order valence-electron chi connectivity index (χ1n) is 11.9. The minimum atomic E-state index is -0.420. The van der Waals surface area contributed by atoms with Crippen LogP contribution in [0.5, 0.6) is 17.4 Å². The van der Waals surface area contributed by atoms with E-state index in [2.05, 4.69) is 10.1 Å². The fourth-order valence-electron chi connectivity index (χ4n) is 3.44. The Kier molecular flexibility index (Phi) is 8.29. The molecule has 3 heterocycles. The van der Waals surface area contributed by atoms with Crippen molar-refractivity contribution in [2.45, 2.75) is 40.5 Å². The highest BCUT2D eigenvalue weighted by Crippen LogP contribution is 2.30. The number of esters is 1. The van der Waals surface area contributed by atoms with Gasteiger partial charge in [-0.25, -0.2) is 9.78 Å². The number of carbonyl (C=O) groups is 1. The Bertz CT molecular complexity index is 1350. The molecule has 194 valence electrons. The molecule has 4 aromatic rings. The van der Waals surface area contributed by atoms with Crippen LogP contribution in [0, 0.1) is 6.92 Å². The second-order valence-corrected chi connectivity index (χ2v) is 7.89. The lowest BCUT2D eigenvalue weighted by molar-refractivity contribution is -0.137. The predicted octanol–water partition coefficient (Wildman–Crippen LogP) is 5.20. The molecule has 10 heteroatoms. The van der Waals surface area contributed by atoms with E-state index in [9.17, 15) is 4.79 Å². The van der Waals surface area contributed by atoms with Gasteiger partial charge < -0.3 is 27.8 Å². The number of furan rings is 1. The molecule has 4 rings (SSSR count). The molecule has 0 saturated carbocycles. The Morgan fingerprint density at radius 2 is 2.00 bits per heavy atom. The first-order valence-corrected chi connectivity index (χ1v) is 11.9. The summed E-state index contributed by atoms with van der Waals surface area (Å²) >= 11 is 0. The molecule has 0 radical (unpaired) electrons. The average Bonchev–Trinajstić information content (AvgIpc) is 3.65. The fourth-order valence-corrected chi connectivity index (χ4v) is 3.44. The summed E-state index contributed by atoms with van der Waals surface area (Å²) in [4.78, 5) is 16.2. The van der Waals surface area contributed by atoms with Crippen molar-refractivity contribution in [3.63, 3.8) is 0 Å². The quantitative estimate of drug-likeness (QED) is 0.189. The minimum absolute atomic E-state index is 0.201. The highest BCUT2D eigenvalue weighted by Gasteiger charge is 2.16. The molecule has 0 aliphatic rings. The van der Waals surface area contributed by atoms with Crippen molar-refractivity contribution in [2.75, 3.05) is 13.7 Å². The summed E-state index contributed by atoms with van der Waals surface area (Å²) in [6.45, 7) is 6.97. The average molecular weight is 508 g/mol. The smallest absolute Gasteiger partial charge is 0.330 e. The zero-order chi connectivity index (χ0) is 26.2. The van der Waals surface area contributed by atoms with E-state index in [0.717, 1.165) is 5.56 Å². The van der Waals surface area contributed by atoms with Gasteiger partial charge >= 0.3 is 5.97 Å². The van der Waals surface area contributed by atoms with Crippen LogP contribution in [-0.4, -0.2) is 34.5 Å². The third kappa shape index (κ3) is 6.40. The molecular formula is C27H29N3O7. The van der Waals surface area contributed by atoms with E-state index in [-0.39, 0.29) is 13.2 Å². The molecule has 3 aromatic heterocycles. The third-order valence-electron chi connectivity index (χ3n) is 5.36. The molecule has 1 aromatic carbocycles. The van der Waals surface area contributed by atoms with E-state index >= 15 is 0 Å². The molecule has 0 saturated heterocycles. The van der Waals surface area contributed by atoms with Crippen molar-refractivity contribution in [2.24, 2.45) is 0 Å². The normalized spacial score (nSPS) is 11.1. The highest BCUT2D eigenvalue weighted by atomic mass is 16.5. The van der Waals surface area contributed by atoms with Gasteiger partial charge in [0.1, 0.15) is 24.7 Å². The maximum atomic E-state index is 11.7. The lowest BCUT2D eigenvalue weighted by atomic mass is 10.2. The van der Waals surface area contributed by atoms with Crippen molar-refractivity contribution in [3.05, 3.63) is 71.4 Å². The molecule has 0 aliphatic carbocycles. The van der Waals surface area contributed by atoms with E-state index < -0.39 is 5.97 Å². The third-order valence-corrected chi connectivity index (χ3v) is 5.36. The first-order chi connectivity index (χ1) is 18.0. The first kappa shape index (κ1) is 25.6. The van der Waals surface area contributed by atoms with Gasteiger partial charge in [0.2, 0.25) is 5.88 Å². The maximum absolute atomic E-state index is 11.7. The standard InChI is InChI=1S/C27H29N3O7/c1-5-30-15-20(10-12-25(31)33-6-2)26(29-30)36-16-19-9-11-22(24(14-19)32-4)35-17-21-18(3)37-27(28-21)23-8-7-13-34-23/h7-15H,5-6,16-17H2,1-4H3. The Labute approximate surface area is 214 Å². The summed E-state index contributed by atoms with van der Waals surface area (Å²) in [7, 11) is 1.57. The van der Waals surface area contributed by atoms with Crippen molar-refractivity contribution in [3.8, 4) is 29.0 Å². The summed E-state index contributed by atoms with van der Waals surface area (Å²) in [6, 6.07) is 9.09. The van der Waals surface area contributed by atoms with Crippen molar-refractivity contribution >= 4 is 12.0 Å². The van der Waals surface area contributed by atoms with Gasteiger partial charge in [-0.2, -0.15) is 0 Å². The SMILES string of the molecule is CCOC(=O)C=Cc1cn(CC)nc1OCc1ccc(OCc2nc(-c3ccco3)oc2C)c(OC)c1. The topological polar surface area (TPSA) is 111 Å². The second-order valence-electron chi connectivity index (χ2n) is 7.89. The molecule has 0 unspecified atom stereocenters. The zero-order valence-corrected chi connectivity index (χ0v) is 21.2. The number of oxazole rings is 1. The Morgan fingerprint density at radius 3 is 2.73 bits per heavy atom. The number of hydrogen-bond donors (Lipinski definition) is 0. The van der Waals surface area contributed by atoms with Crippen LogP contribution in [-0.2, 0) is 29.3 Å². The van der Waals surface area contributed by atoms with Crippen LogP contribution in [0.4, 0.5) is 0 Å². The van der Waals surface area contributed by atoms with E-state index in [1.165, 1.54) is 6.08 Å². The number of benzene rings is 1. The van der Waals surface area contributed by atoms with Crippen LogP contribution >= 0.6 is 0 Å². The highest BCUT2D eigenvalue weighted by molar-refractivity contribution is 5.87. The molecule has 0 amide bonds. The van der Waals surface area contributed by atoms with Gasteiger partial charge in [-0.05, 0) is 56.7 Å². The number of aryl methyl sites for hydroxylation is 2. The van der Waals surface area contributed by atoms with E-state index in [0.29, 0.717) is 59.2 Å². The Morgan fingerprint density at radius 1 is 1.14 bits per heavy atom. The van der Waals surface area contributed by atoms with Crippen molar-refractivity contribution in [1.29, 1.82) is 0 Å². The molecule has 0 bridgehead atoms. The van der Waals surface area contributed by atoms with Gasteiger partial charge in [-0.15, -0.1) is 5.10 Å². The number of methoxy groups -OCH3 is 1. The minimum Gasteiger partial charge on any atom is -0.493 e. The largest absolute Gasteiger partial charge is 0.493 e. The Hall–Kier alpha value is -4.47. The molecule has 0 atom stereocenters. The summed E-state index contributed by atoms with van der Waals surface area (Å²) < 4.78 is 35.2. The van der Waals surface area contributed by atoms with Crippen LogP contribution in [0.2, 0.25) is 0 Å². The zero-order valence-electron chi connectivity index (χ0n) is 21.2. The molecule has 0 spiro atoms. The van der Waals surface area contributed by atoms with Crippen LogP contribution in [0.1, 0.15) is 36.4 Å². The second kappa shape index (κ2) is 12.0. The molecule has 0 aliphatic heterocycles. The van der Waals surface area contributed by atoms with Crippen LogP contribution in [0.25, 0.3) is 17.7 Å². The summed E-state index contributed by atoms with van der Waals surface area (Å²) in [6.07, 6.45) is 6.37. The predicted molar refractivity (Wildman–Crippen MR) is 134 cm³/mol. The van der Waals surface area contributed by atoms with Gasteiger partial charge in [0.15, 0.2) is 17.3 Å². The van der Waals surface area contributed by atoms with E-state index in [1.807, 2.05) is 38.2 Å². The number of carbonyl (C=O) groups excluding carboxylic acids is 1. The van der Waals surface area contributed by atoms with E-state index in [1.54, 1.807) is 43.2 Å². The number of rotatable bonds is 12. The van der Waals surface area contributed by atoms with E-state index in [4.69, 9.17) is 27.8 Å². The van der Waals surface area contributed by atoms with Gasteiger partial charge in [-0.3, -0.25) is 4.68 Å². The fraction of sp³-hybridized carbons (Fsp3) is 0.296. The van der Waals surface area contributed by atoms with Gasteiger partial charge in [0.05, 0.1) is 25.5 Å².